The van der Waals surface area contributed by atoms with Crippen molar-refractivity contribution in [1.29, 1.82) is 0 Å². The highest BCUT2D eigenvalue weighted by atomic mass is 14.7. The molecule has 3 rings (SSSR count). The van der Waals surface area contributed by atoms with Crippen molar-refractivity contribution < 1.29 is 0 Å². The van der Waals surface area contributed by atoms with Crippen LogP contribution in [-0.4, -0.2) is 4.98 Å². The van der Waals surface area contributed by atoms with Gasteiger partial charge in [0.2, 0.25) is 0 Å². The Kier molecular flexibility index (Phi) is 4.34. The van der Waals surface area contributed by atoms with Crippen LogP contribution in [0.25, 0.3) is 22.4 Å². The summed E-state index contributed by atoms with van der Waals surface area (Å²) in [5, 5.41) is 0. The van der Waals surface area contributed by atoms with Gasteiger partial charge in [-0.1, -0.05) is 62.4 Å². The zero-order valence-electron chi connectivity index (χ0n) is 13.2. The van der Waals surface area contributed by atoms with Crippen LogP contribution < -0.4 is 0 Å². The fraction of sp³-hybridized carbons (Fsp3) is 0.190. The highest BCUT2D eigenvalue weighted by Gasteiger charge is 2.03. The van der Waals surface area contributed by atoms with Crippen molar-refractivity contribution in [1.82, 2.24) is 4.98 Å². The Morgan fingerprint density at radius 2 is 1.55 bits per heavy atom. The lowest BCUT2D eigenvalue weighted by Gasteiger charge is -2.08. The summed E-state index contributed by atoms with van der Waals surface area (Å²) in [6, 6.07) is 23.5. The maximum absolute atomic E-state index is 4.43. The van der Waals surface area contributed by atoms with Crippen LogP contribution in [0.3, 0.4) is 0 Å². The van der Waals surface area contributed by atoms with E-state index in [2.05, 4.69) is 67.4 Å². The van der Waals surface area contributed by atoms with Crippen molar-refractivity contribution in [3.05, 3.63) is 78.5 Å². The molecule has 0 radical (unpaired) electrons. The molecule has 110 valence electrons. The van der Waals surface area contributed by atoms with Gasteiger partial charge in [0.1, 0.15) is 0 Å². The lowest BCUT2D eigenvalue weighted by atomic mass is 9.98. The van der Waals surface area contributed by atoms with E-state index in [0.29, 0.717) is 5.92 Å². The van der Waals surface area contributed by atoms with E-state index in [0.717, 1.165) is 17.7 Å². The molecule has 22 heavy (non-hydrogen) atoms. The van der Waals surface area contributed by atoms with Gasteiger partial charge in [0, 0.05) is 11.8 Å². The third kappa shape index (κ3) is 3.43. The van der Waals surface area contributed by atoms with E-state index in [1.807, 2.05) is 24.4 Å². The fourth-order valence-corrected chi connectivity index (χ4v) is 2.70. The molecule has 0 N–H and O–H groups in total. The SMILES string of the molecule is CC(C)Cc1ccc(-c2cccc(-c3ccccn3)c2)cc1. The third-order valence-corrected chi connectivity index (χ3v) is 3.75. The first kappa shape index (κ1) is 14.5. The molecule has 0 aliphatic heterocycles. The van der Waals surface area contributed by atoms with Crippen molar-refractivity contribution in [2.45, 2.75) is 20.3 Å². The minimum atomic E-state index is 0.693. The van der Waals surface area contributed by atoms with Gasteiger partial charge in [0.25, 0.3) is 0 Å². The Hall–Kier alpha value is -2.41. The number of aromatic nitrogens is 1. The molecule has 0 unspecified atom stereocenters. The molecule has 2 aromatic carbocycles. The quantitative estimate of drug-likeness (QED) is 0.607. The van der Waals surface area contributed by atoms with E-state index >= 15 is 0 Å². The van der Waals surface area contributed by atoms with Crippen molar-refractivity contribution in [2.75, 3.05) is 0 Å². The van der Waals surface area contributed by atoms with Crippen LogP contribution in [0.1, 0.15) is 19.4 Å². The van der Waals surface area contributed by atoms with Crippen LogP contribution in [0.5, 0.6) is 0 Å². The summed E-state index contributed by atoms with van der Waals surface area (Å²) in [6.45, 7) is 4.51. The summed E-state index contributed by atoms with van der Waals surface area (Å²) < 4.78 is 0. The molecule has 0 saturated carbocycles. The molecule has 1 nitrogen and oxygen atoms in total. The Bertz CT molecular complexity index is 727. The summed E-state index contributed by atoms with van der Waals surface area (Å²) in [6.07, 6.45) is 2.97. The van der Waals surface area contributed by atoms with Crippen LogP contribution in [0.2, 0.25) is 0 Å². The largest absolute Gasteiger partial charge is 0.256 e. The Morgan fingerprint density at radius 3 is 2.23 bits per heavy atom. The standard InChI is InChI=1S/C21H21N/c1-16(2)14-17-9-11-18(12-10-17)19-6-5-7-20(15-19)21-8-3-4-13-22-21/h3-13,15-16H,14H2,1-2H3. The number of hydrogen-bond acceptors (Lipinski definition) is 1. The summed E-state index contributed by atoms with van der Waals surface area (Å²) in [7, 11) is 0. The molecule has 0 bridgehead atoms. The monoisotopic (exact) mass is 287 g/mol. The Morgan fingerprint density at radius 1 is 0.773 bits per heavy atom. The van der Waals surface area contributed by atoms with Gasteiger partial charge in [-0.15, -0.1) is 0 Å². The van der Waals surface area contributed by atoms with Crippen LogP contribution in [0.4, 0.5) is 0 Å². The minimum Gasteiger partial charge on any atom is -0.256 e. The van der Waals surface area contributed by atoms with E-state index in [1.165, 1.54) is 16.7 Å². The van der Waals surface area contributed by atoms with Gasteiger partial charge in [-0.05, 0) is 47.2 Å². The van der Waals surface area contributed by atoms with E-state index < -0.39 is 0 Å². The van der Waals surface area contributed by atoms with Crippen molar-refractivity contribution >= 4 is 0 Å². The lowest BCUT2D eigenvalue weighted by molar-refractivity contribution is 0.647. The van der Waals surface area contributed by atoms with Crippen molar-refractivity contribution in [3.8, 4) is 22.4 Å². The molecule has 3 aromatic rings. The molecular weight excluding hydrogens is 266 g/mol. The fourth-order valence-electron chi connectivity index (χ4n) is 2.70. The van der Waals surface area contributed by atoms with Crippen LogP contribution >= 0.6 is 0 Å². The number of hydrogen-bond donors (Lipinski definition) is 0. The normalized spacial score (nSPS) is 10.9. The molecular formula is C21H21N. The van der Waals surface area contributed by atoms with E-state index in [1.54, 1.807) is 0 Å². The summed E-state index contributed by atoms with van der Waals surface area (Å²) in [5.41, 5.74) is 6.06. The lowest BCUT2D eigenvalue weighted by Crippen LogP contribution is -1.93. The maximum atomic E-state index is 4.43. The predicted molar refractivity (Wildman–Crippen MR) is 93.7 cm³/mol. The molecule has 0 fully saturated rings. The number of benzene rings is 2. The smallest absolute Gasteiger partial charge is 0.0702 e. The highest BCUT2D eigenvalue weighted by molar-refractivity contribution is 5.71. The zero-order valence-corrected chi connectivity index (χ0v) is 13.2. The van der Waals surface area contributed by atoms with Gasteiger partial charge in [-0.25, -0.2) is 0 Å². The molecule has 1 heteroatoms. The van der Waals surface area contributed by atoms with E-state index in [9.17, 15) is 0 Å². The second kappa shape index (κ2) is 6.57. The predicted octanol–water partition coefficient (Wildman–Crippen LogP) is 5.61. The second-order valence-electron chi connectivity index (χ2n) is 6.09. The summed E-state index contributed by atoms with van der Waals surface area (Å²) in [5.74, 6) is 0.693. The average Bonchev–Trinajstić information content (AvgIpc) is 2.56. The van der Waals surface area contributed by atoms with E-state index in [-0.39, 0.29) is 0 Å². The van der Waals surface area contributed by atoms with Crippen LogP contribution in [0, 0.1) is 5.92 Å². The minimum absolute atomic E-state index is 0.693. The van der Waals surface area contributed by atoms with Gasteiger partial charge in [0.05, 0.1) is 5.69 Å². The first-order valence-electron chi connectivity index (χ1n) is 7.83. The molecule has 1 heterocycles. The molecule has 1 aromatic heterocycles. The second-order valence-corrected chi connectivity index (χ2v) is 6.09. The molecule has 0 aliphatic carbocycles. The highest BCUT2D eigenvalue weighted by Crippen LogP contribution is 2.25. The summed E-state index contributed by atoms with van der Waals surface area (Å²) in [4.78, 5) is 4.43. The Labute approximate surface area is 132 Å². The van der Waals surface area contributed by atoms with Crippen LogP contribution in [0.15, 0.2) is 72.9 Å². The van der Waals surface area contributed by atoms with Gasteiger partial charge < -0.3 is 0 Å². The number of rotatable bonds is 4. The molecule has 0 atom stereocenters. The average molecular weight is 287 g/mol. The van der Waals surface area contributed by atoms with Crippen molar-refractivity contribution in [2.24, 2.45) is 5.92 Å². The molecule has 0 spiro atoms. The Balaban J connectivity index is 1.89. The van der Waals surface area contributed by atoms with E-state index in [4.69, 9.17) is 0 Å². The van der Waals surface area contributed by atoms with Gasteiger partial charge >= 0.3 is 0 Å². The zero-order chi connectivity index (χ0) is 15.4. The first-order valence-corrected chi connectivity index (χ1v) is 7.83. The number of nitrogens with zero attached hydrogens (tertiary/aromatic N) is 1. The maximum Gasteiger partial charge on any atom is 0.0702 e. The molecule has 0 aliphatic rings. The first-order chi connectivity index (χ1) is 10.7. The topological polar surface area (TPSA) is 12.9 Å². The summed E-state index contributed by atoms with van der Waals surface area (Å²) >= 11 is 0. The number of pyridine rings is 1. The van der Waals surface area contributed by atoms with Crippen molar-refractivity contribution in [3.63, 3.8) is 0 Å². The van der Waals surface area contributed by atoms with Crippen LogP contribution in [-0.2, 0) is 6.42 Å². The molecule has 0 amide bonds. The van der Waals surface area contributed by atoms with Gasteiger partial charge in [0.15, 0.2) is 0 Å². The van der Waals surface area contributed by atoms with Gasteiger partial charge in [-0.2, -0.15) is 0 Å². The molecule has 0 saturated heterocycles. The van der Waals surface area contributed by atoms with Gasteiger partial charge in [-0.3, -0.25) is 4.98 Å². The third-order valence-electron chi connectivity index (χ3n) is 3.75.